The van der Waals surface area contributed by atoms with Gasteiger partial charge in [0.2, 0.25) is 0 Å². The zero-order valence-electron chi connectivity index (χ0n) is 8.16. The summed E-state index contributed by atoms with van der Waals surface area (Å²) in [6.07, 6.45) is 0. The van der Waals surface area contributed by atoms with Gasteiger partial charge < -0.3 is 0 Å². The third-order valence-corrected chi connectivity index (χ3v) is 3.16. The predicted octanol–water partition coefficient (Wildman–Crippen LogP) is 4.13. The van der Waals surface area contributed by atoms with Gasteiger partial charge in [0.15, 0.2) is 5.12 Å². The second kappa shape index (κ2) is 4.25. The van der Waals surface area contributed by atoms with Gasteiger partial charge in [-0.1, -0.05) is 41.6 Å². The van der Waals surface area contributed by atoms with E-state index in [1.165, 1.54) is 11.8 Å². The van der Waals surface area contributed by atoms with E-state index in [1.54, 1.807) is 6.92 Å². The molecule has 0 atom stereocenters. The molecule has 0 saturated carbocycles. The van der Waals surface area contributed by atoms with Gasteiger partial charge in [-0.05, 0) is 29.0 Å². The average molecular weight is 237 g/mol. The standard InChI is InChI=1S/C12H9ClOS/c1-8(14)15-12-4-2-3-9-5-6-10(13)7-11(9)12/h2-7H,1H3. The number of hydrogen-bond donors (Lipinski definition) is 0. The quantitative estimate of drug-likeness (QED) is 0.693. The minimum atomic E-state index is 0.0856. The summed E-state index contributed by atoms with van der Waals surface area (Å²) in [4.78, 5) is 12.0. The van der Waals surface area contributed by atoms with Crippen LogP contribution < -0.4 is 0 Å². The van der Waals surface area contributed by atoms with Gasteiger partial charge in [-0.2, -0.15) is 0 Å². The SMILES string of the molecule is CC(=O)Sc1cccc2ccc(Cl)cc12. The van der Waals surface area contributed by atoms with Gasteiger partial charge in [0.05, 0.1) is 0 Å². The highest BCUT2D eigenvalue weighted by Gasteiger charge is 2.04. The molecule has 1 nitrogen and oxygen atoms in total. The first-order valence-electron chi connectivity index (χ1n) is 4.53. The van der Waals surface area contributed by atoms with Crippen LogP contribution in [-0.4, -0.2) is 5.12 Å². The van der Waals surface area contributed by atoms with Crippen LogP contribution in [0.2, 0.25) is 5.02 Å². The smallest absolute Gasteiger partial charge is 0.190 e. The molecular weight excluding hydrogens is 228 g/mol. The number of carbonyl (C=O) groups excluding carboxylic acids is 1. The fourth-order valence-corrected chi connectivity index (χ4v) is 2.38. The predicted molar refractivity (Wildman–Crippen MR) is 65.5 cm³/mol. The van der Waals surface area contributed by atoms with Crippen molar-refractivity contribution in [3.63, 3.8) is 0 Å². The molecule has 2 rings (SSSR count). The fraction of sp³-hybridized carbons (Fsp3) is 0.0833. The number of fused-ring (bicyclic) bond motifs is 1. The lowest BCUT2D eigenvalue weighted by molar-refractivity contribution is -0.109. The summed E-state index contributed by atoms with van der Waals surface area (Å²) in [7, 11) is 0. The van der Waals surface area contributed by atoms with Crippen molar-refractivity contribution in [3.05, 3.63) is 41.4 Å². The first kappa shape index (κ1) is 10.5. The molecule has 0 radical (unpaired) electrons. The minimum Gasteiger partial charge on any atom is -0.287 e. The second-order valence-corrected chi connectivity index (χ2v) is 4.87. The molecule has 0 spiro atoms. The summed E-state index contributed by atoms with van der Waals surface area (Å²) in [6.45, 7) is 1.56. The zero-order valence-corrected chi connectivity index (χ0v) is 9.73. The Hall–Kier alpha value is -0.990. The van der Waals surface area contributed by atoms with Crippen molar-refractivity contribution in [1.82, 2.24) is 0 Å². The van der Waals surface area contributed by atoms with Crippen LogP contribution in [-0.2, 0) is 4.79 Å². The van der Waals surface area contributed by atoms with Crippen LogP contribution in [0.15, 0.2) is 41.3 Å². The number of rotatable bonds is 1. The molecule has 0 unspecified atom stereocenters. The van der Waals surface area contributed by atoms with E-state index in [0.29, 0.717) is 5.02 Å². The van der Waals surface area contributed by atoms with Gasteiger partial charge in [-0.3, -0.25) is 4.79 Å². The molecule has 0 bridgehead atoms. The van der Waals surface area contributed by atoms with Gasteiger partial charge >= 0.3 is 0 Å². The number of benzene rings is 2. The largest absolute Gasteiger partial charge is 0.287 e. The van der Waals surface area contributed by atoms with Crippen LogP contribution in [0, 0.1) is 0 Å². The molecule has 0 saturated heterocycles. The Morgan fingerprint density at radius 2 is 2.07 bits per heavy atom. The van der Waals surface area contributed by atoms with Crippen molar-refractivity contribution in [2.75, 3.05) is 0 Å². The molecule has 3 heteroatoms. The summed E-state index contributed by atoms with van der Waals surface area (Å²) >= 11 is 7.17. The lowest BCUT2D eigenvalue weighted by Gasteiger charge is -2.04. The molecule has 76 valence electrons. The van der Waals surface area contributed by atoms with Crippen molar-refractivity contribution < 1.29 is 4.79 Å². The Morgan fingerprint density at radius 1 is 1.27 bits per heavy atom. The van der Waals surface area contributed by atoms with E-state index in [0.717, 1.165) is 15.7 Å². The monoisotopic (exact) mass is 236 g/mol. The topological polar surface area (TPSA) is 17.1 Å². The number of thioether (sulfide) groups is 1. The molecule has 0 aliphatic carbocycles. The fourth-order valence-electron chi connectivity index (χ4n) is 1.46. The second-order valence-electron chi connectivity index (χ2n) is 3.22. The van der Waals surface area contributed by atoms with Crippen molar-refractivity contribution in [1.29, 1.82) is 0 Å². The summed E-state index contributed by atoms with van der Waals surface area (Å²) in [5.74, 6) is 0. The average Bonchev–Trinajstić information content (AvgIpc) is 2.18. The molecule has 0 amide bonds. The van der Waals surface area contributed by atoms with Crippen molar-refractivity contribution in [2.24, 2.45) is 0 Å². The van der Waals surface area contributed by atoms with Crippen LogP contribution in [0.5, 0.6) is 0 Å². The zero-order chi connectivity index (χ0) is 10.8. The first-order valence-corrected chi connectivity index (χ1v) is 5.73. The molecule has 0 aliphatic heterocycles. The Labute approximate surface area is 97.4 Å². The van der Waals surface area contributed by atoms with E-state index in [1.807, 2.05) is 36.4 Å². The molecular formula is C12H9ClOS. The number of hydrogen-bond acceptors (Lipinski definition) is 2. The van der Waals surface area contributed by atoms with Crippen LogP contribution >= 0.6 is 23.4 Å². The Kier molecular flexibility index (Phi) is 2.98. The van der Waals surface area contributed by atoms with Gasteiger partial charge in [-0.15, -0.1) is 0 Å². The molecule has 0 fully saturated rings. The third kappa shape index (κ3) is 2.33. The number of carbonyl (C=O) groups is 1. The lowest BCUT2D eigenvalue weighted by Crippen LogP contribution is -1.83. The van der Waals surface area contributed by atoms with Crippen LogP contribution in [0.25, 0.3) is 10.8 Å². The molecule has 0 N–H and O–H groups in total. The van der Waals surface area contributed by atoms with Gasteiger partial charge in [0, 0.05) is 16.8 Å². The van der Waals surface area contributed by atoms with Gasteiger partial charge in [0.25, 0.3) is 0 Å². The summed E-state index contributed by atoms with van der Waals surface area (Å²) in [5, 5.41) is 2.91. The molecule has 0 aliphatic rings. The Morgan fingerprint density at radius 3 is 2.80 bits per heavy atom. The van der Waals surface area contributed by atoms with Crippen molar-refractivity contribution in [2.45, 2.75) is 11.8 Å². The molecule has 15 heavy (non-hydrogen) atoms. The molecule has 2 aromatic carbocycles. The first-order chi connectivity index (χ1) is 7.16. The normalized spacial score (nSPS) is 10.5. The molecule has 2 aromatic rings. The van der Waals surface area contributed by atoms with Gasteiger partial charge in [0.1, 0.15) is 0 Å². The van der Waals surface area contributed by atoms with E-state index >= 15 is 0 Å². The Balaban J connectivity index is 2.63. The highest BCUT2D eigenvalue weighted by molar-refractivity contribution is 8.13. The highest BCUT2D eigenvalue weighted by Crippen LogP contribution is 2.30. The van der Waals surface area contributed by atoms with Crippen LogP contribution in [0.3, 0.4) is 0 Å². The number of halogens is 1. The van der Waals surface area contributed by atoms with E-state index < -0.39 is 0 Å². The summed E-state index contributed by atoms with van der Waals surface area (Å²) in [6, 6.07) is 11.6. The Bertz CT molecular complexity index is 522. The van der Waals surface area contributed by atoms with Crippen molar-refractivity contribution in [3.8, 4) is 0 Å². The van der Waals surface area contributed by atoms with Gasteiger partial charge in [-0.25, -0.2) is 0 Å². The van der Waals surface area contributed by atoms with Crippen molar-refractivity contribution >= 4 is 39.3 Å². The van der Waals surface area contributed by atoms with Crippen LogP contribution in [0.1, 0.15) is 6.92 Å². The maximum Gasteiger partial charge on any atom is 0.190 e. The maximum atomic E-state index is 11.1. The van der Waals surface area contributed by atoms with E-state index in [9.17, 15) is 4.79 Å². The lowest BCUT2D eigenvalue weighted by atomic mass is 10.1. The minimum absolute atomic E-state index is 0.0856. The van der Waals surface area contributed by atoms with E-state index in [-0.39, 0.29) is 5.12 Å². The highest BCUT2D eigenvalue weighted by atomic mass is 35.5. The summed E-state index contributed by atoms with van der Waals surface area (Å²) < 4.78 is 0. The summed E-state index contributed by atoms with van der Waals surface area (Å²) in [5.41, 5.74) is 0. The molecule has 0 aromatic heterocycles. The molecule has 0 heterocycles. The van der Waals surface area contributed by atoms with E-state index in [4.69, 9.17) is 11.6 Å². The maximum absolute atomic E-state index is 11.1. The van der Waals surface area contributed by atoms with E-state index in [2.05, 4.69) is 0 Å². The van der Waals surface area contributed by atoms with Crippen LogP contribution in [0.4, 0.5) is 0 Å². The third-order valence-electron chi connectivity index (χ3n) is 2.06.